The summed E-state index contributed by atoms with van der Waals surface area (Å²) >= 11 is 0. The van der Waals surface area contributed by atoms with Gasteiger partial charge in [-0.15, -0.1) is 0 Å². The van der Waals surface area contributed by atoms with Crippen LogP contribution in [0.3, 0.4) is 0 Å². The van der Waals surface area contributed by atoms with E-state index in [0.29, 0.717) is 0 Å². The maximum atomic E-state index is 3.49. The van der Waals surface area contributed by atoms with Crippen LogP contribution in [0.5, 0.6) is 0 Å². The fourth-order valence-electron chi connectivity index (χ4n) is 0. The van der Waals surface area contributed by atoms with E-state index in [2.05, 4.69) is 6.92 Å². The molecule has 27 valence electrons. The smallest absolute Gasteiger partial charge is 0 e. The van der Waals surface area contributed by atoms with Crippen LogP contribution >= 0.6 is 0 Å². The molecule has 4 heavy (non-hydrogen) atoms. The molecule has 0 aliphatic carbocycles. The van der Waals surface area contributed by atoms with E-state index in [-0.39, 0.29) is 19.5 Å². The summed E-state index contributed by atoms with van der Waals surface area (Å²) in [7, 11) is 0. The Morgan fingerprint density at radius 2 is 1.75 bits per heavy atom. The Kier molecular flexibility index (Phi) is 20.9. The average molecular weight is 144 g/mol. The summed E-state index contributed by atoms with van der Waals surface area (Å²) in [6.45, 7) is 5.50. The first kappa shape index (κ1) is 8.82. The summed E-state index contributed by atoms with van der Waals surface area (Å²) in [5.41, 5.74) is 0. The van der Waals surface area contributed by atoms with Crippen LogP contribution in [0.1, 0.15) is 13.3 Å². The minimum absolute atomic E-state index is 0. The summed E-state index contributed by atoms with van der Waals surface area (Å²) in [5, 5.41) is 0. The summed E-state index contributed by atoms with van der Waals surface area (Å²) in [5.74, 6) is 0. The predicted octanol–water partition coefficient (Wildman–Crippen LogP) is 1.23. The van der Waals surface area contributed by atoms with E-state index in [0.717, 1.165) is 6.42 Å². The van der Waals surface area contributed by atoms with Gasteiger partial charge in [-0.05, 0) is 0 Å². The van der Waals surface area contributed by atoms with Crippen molar-refractivity contribution in [3.63, 3.8) is 0 Å². The third-order valence-corrected chi connectivity index (χ3v) is 0. The Bertz CT molecular complexity index is 3.25. The largest absolute Gasteiger partial charge is 0.0654 e. The molecule has 0 rings (SSSR count). The first-order valence-electron chi connectivity index (χ1n) is 1.21. The second kappa shape index (κ2) is 9.46. The zero-order valence-electron chi connectivity index (χ0n) is 2.77. The van der Waals surface area contributed by atoms with Crippen molar-refractivity contribution in [3.05, 3.63) is 6.92 Å². The van der Waals surface area contributed by atoms with Crippen molar-refractivity contribution in [1.82, 2.24) is 0 Å². The Morgan fingerprint density at radius 1 is 1.75 bits per heavy atom. The molecule has 0 saturated carbocycles. The molecule has 0 fully saturated rings. The molecule has 0 atom stereocenters. The van der Waals surface area contributed by atoms with Crippen molar-refractivity contribution in [2.45, 2.75) is 13.3 Å². The van der Waals surface area contributed by atoms with Crippen molar-refractivity contribution < 1.29 is 19.5 Å². The second-order valence-corrected chi connectivity index (χ2v) is 0.500. The molecule has 0 amide bonds. The van der Waals surface area contributed by atoms with E-state index in [1.807, 2.05) is 6.92 Å². The monoisotopic (exact) mass is 145 g/mol. The maximum absolute atomic E-state index is 3.49. The van der Waals surface area contributed by atoms with Crippen LogP contribution in [0.25, 0.3) is 0 Å². The van der Waals surface area contributed by atoms with Gasteiger partial charge in [-0.2, -0.15) is 0 Å². The van der Waals surface area contributed by atoms with Gasteiger partial charge in [0.15, 0.2) is 0 Å². The van der Waals surface area contributed by atoms with Crippen LogP contribution in [0.4, 0.5) is 0 Å². The van der Waals surface area contributed by atoms with E-state index < -0.39 is 0 Å². The Balaban J connectivity index is 0. The molecule has 0 saturated heterocycles. The molecule has 0 bridgehead atoms. The summed E-state index contributed by atoms with van der Waals surface area (Å²) < 4.78 is 0. The van der Waals surface area contributed by atoms with Crippen molar-refractivity contribution in [2.24, 2.45) is 0 Å². The van der Waals surface area contributed by atoms with Crippen LogP contribution in [0.2, 0.25) is 0 Å². The zero-order valence-corrected chi connectivity index (χ0v) is 4.51. The normalized spacial score (nSPS) is 4.50. The average Bonchev–Trinajstić information content (AvgIpc) is 0.918. The molecule has 0 aromatic carbocycles. The molecule has 0 aliphatic rings. The summed E-state index contributed by atoms with van der Waals surface area (Å²) in [6.07, 6.45) is 1.00. The number of rotatable bonds is 0. The predicted molar refractivity (Wildman–Crippen MR) is 15.6 cm³/mol. The molecule has 1 heteroatoms. The van der Waals surface area contributed by atoms with E-state index >= 15 is 0 Å². The zero-order chi connectivity index (χ0) is 2.71. The first-order valence-corrected chi connectivity index (χ1v) is 1.21. The Labute approximate surface area is 40.4 Å². The minimum Gasteiger partial charge on any atom is -0.0654 e. The molecular formula is C3H7Ru. The molecule has 0 spiro atoms. The topological polar surface area (TPSA) is 0 Å². The van der Waals surface area contributed by atoms with Crippen molar-refractivity contribution >= 4 is 0 Å². The van der Waals surface area contributed by atoms with Crippen molar-refractivity contribution in [1.29, 1.82) is 0 Å². The van der Waals surface area contributed by atoms with Crippen LogP contribution < -0.4 is 0 Å². The van der Waals surface area contributed by atoms with Gasteiger partial charge in [0.1, 0.15) is 0 Å². The third-order valence-electron chi connectivity index (χ3n) is 0. The molecular weight excluding hydrogens is 137 g/mol. The molecule has 0 heterocycles. The van der Waals surface area contributed by atoms with Gasteiger partial charge in [-0.25, -0.2) is 0 Å². The quantitative estimate of drug-likeness (QED) is 0.448. The standard InChI is InChI=1S/C3H7.Ru/c1-3-2;/h1,3H2,2H3;. The molecule has 0 unspecified atom stereocenters. The van der Waals surface area contributed by atoms with Crippen LogP contribution in [-0.4, -0.2) is 0 Å². The number of hydrogen-bond donors (Lipinski definition) is 0. The Hall–Kier alpha value is 0.623. The molecule has 1 radical (unpaired) electrons. The second-order valence-electron chi connectivity index (χ2n) is 0.500. The van der Waals surface area contributed by atoms with Crippen LogP contribution in [-0.2, 0) is 19.5 Å². The van der Waals surface area contributed by atoms with E-state index in [1.54, 1.807) is 0 Å². The van der Waals surface area contributed by atoms with Gasteiger partial charge in [0.2, 0.25) is 0 Å². The van der Waals surface area contributed by atoms with Gasteiger partial charge < -0.3 is 0 Å². The molecule has 0 nitrogen and oxygen atoms in total. The summed E-state index contributed by atoms with van der Waals surface area (Å²) in [4.78, 5) is 0. The van der Waals surface area contributed by atoms with E-state index in [1.165, 1.54) is 0 Å². The van der Waals surface area contributed by atoms with Crippen molar-refractivity contribution in [3.8, 4) is 0 Å². The SMILES string of the molecule is [CH2]CC.[Ru]. The van der Waals surface area contributed by atoms with E-state index in [9.17, 15) is 0 Å². The van der Waals surface area contributed by atoms with Crippen LogP contribution in [0.15, 0.2) is 0 Å². The first-order chi connectivity index (χ1) is 1.41. The van der Waals surface area contributed by atoms with Gasteiger partial charge in [-0.1, -0.05) is 20.3 Å². The maximum Gasteiger partial charge on any atom is 0 e. The summed E-state index contributed by atoms with van der Waals surface area (Å²) in [6, 6.07) is 0. The molecule has 0 aromatic heterocycles. The number of hydrogen-bond acceptors (Lipinski definition) is 0. The fraction of sp³-hybridized carbons (Fsp3) is 0.667. The third kappa shape index (κ3) is 17.8. The Morgan fingerprint density at radius 3 is 1.75 bits per heavy atom. The van der Waals surface area contributed by atoms with Gasteiger partial charge in [0, 0.05) is 19.5 Å². The van der Waals surface area contributed by atoms with Crippen molar-refractivity contribution in [2.75, 3.05) is 0 Å². The molecule has 0 aromatic rings. The van der Waals surface area contributed by atoms with Gasteiger partial charge >= 0.3 is 0 Å². The van der Waals surface area contributed by atoms with Gasteiger partial charge in [0.05, 0.1) is 0 Å². The van der Waals surface area contributed by atoms with Gasteiger partial charge in [-0.3, -0.25) is 0 Å². The minimum atomic E-state index is 0. The van der Waals surface area contributed by atoms with Gasteiger partial charge in [0.25, 0.3) is 0 Å². The molecule has 0 N–H and O–H groups in total. The fourth-order valence-corrected chi connectivity index (χ4v) is 0. The van der Waals surface area contributed by atoms with E-state index in [4.69, 9.17) is 0 Å². The van der Waals surface area contributed by atoms with Crippen LogP contribution in [0, 0.1) is 6.92 Å². The molecule has 0 aliphatic heterocycles.